The van der Waals surface area contributed by atoms with Gasteiger partial charge in [-0.05, 0) is 4.57 Å². The molecule has 0 fully saturated rings. The van der Waals surface area contributed by atoms with Crippen molar-refractivity contribution in [3.05, 3.63) is 0 Å². The Morgan fingerprint density at radius 2 is 2.09 bits per heavy atom. The maximum Gasteiger partial charge on any atom is 0.505 e. The molecule has 0 rings (SSSR count). The van der Waals surface area contributed by atoms with Crippen molar-refractivity contribution in [2.24, 2.45) is 5.73 Å². The van der Waals surface area contributed by atoms with Gasteiger partial charge in [0.25, 0.3) is 0 Å². The van der Waals surface area contributed by atoms with Gasteiger partial charge in [0.15, 0.2) is 6.16 Å². The van der Waals surface area contributed by atoms with Crippen molar-refractivity contribution < 1.29 is 19.4 Å². The zero-order valence-electron chi connectivity index (χ0n) is 6.23. The van der Waals surface area contributed by atoms with Crippen LogP contribution >= 0.6 is 8.03 Å². The zero-order chi connectivity index (χ0) is 8.15. The summed E-state index contributed by atoms with van der Waals surface area (Å²) < 4.78 is 10.0. The second-order valence-electron chi connectivity index (χ2n) is 1.81. The van der Waals surface area contributed by atoms with E-state index in [2.05, 4.69) is 0 Å². The molecule has 0 spiro atoms. The molecule has 11 heavy (non-hydrogen) atoms. The Kier molecular flexibility index (Phi) is 9.13. The van der Waals surface area contributed by atoms with Crippen LogP contribution in [0.3, 0.4) is 0 Å². The van der Waals surface area contributed by atoms with Crippen LogP contribution in [0, 0.1) is 0 Å². The molecule has 4 N–H and O–H groups in total. The summed E-state index contributed by atoms with van der Waals surface area (Å²) in [7, 11) is -2.25. The standard InChI is InChI=1S/C4H8NO4P.Na/c5-3(4(6)7)1-2-10(8)9;/h3H,1-2,5H2,(H-,6,7,8,9);/p+1/t3-;/m1./s1. The second kappa shape index (κ2) is 7.16. The van der Waals surface area contributed by atoms with Gasteiger partial charge in [0.2, 0.25) is 0 Å². The first-order valence-electron chi connectivity index (χ1n) is 2.66. The molecule has 0 amide bonds. The summed E-state index contributed by atoms with van der Waals surface area (Å²) in [5, 5.41) is 8.19. The molecule has 0 aromatic rings. The van der Waals surface area contributed by atoms with Gasteiger partial charge < -0.3 is 10.8 Å². The normalized spacial score (nSPS) is 13.1. The Hall–Kier alpha value is 0.490. The van der Waals surface area contributed by atoms with Crippen LogP contribution in [0.15, 0.2) is 0 Å². The third-order valence-corrected chi connectivity index (χ3v) is 1.59. The third-order valence-electron chi connectivity index (χ3n) is 0.949. The average molecular weight is 189 g/mol. The predicted molar refractivity (Wildman–Crippen MR) is 40.7 cm³/mol. The van der Waals surface area contributed by atoms with Crippen LogP contribution in [-0.4, -0.2) is 57.7 Å². The Balaban J connectivity index is 0. The van der Waals surface area contributed by atoms with E-state index in [0.29, 0.717) is 0 Å². The number of hydrogen-bond donors (Lipinski definition) is 3. The van der Waals surface area contributed by atoms with Gasteiger partial charge in [-0.1, -0.05) is 0 Å². The average Bonchev–Trinajstić information content (AvgIpc) is 1.82. The first-order valence-corrected chi connectivity index (χ1v) is 4.05. The molecule has 2 atom stereocenters. The SMILES string of the molecule is N[C@H](CC[P+](=O)O)C(=O)O.[Na]. The number of rotatable bonds is 4. The van der Waals surface area contributed by atoms with Crippen molar-refractivity contribution in [2.45, 2.75) is 12.5 Å². The molecule has 1 unspecified atom stereocenters. The molecule has 0 aliphatic carbocycles. The summed E-state index contributed by atoms with van der Waals surface area (Å²) in [6.07, 6.45) is -0.0101. The number of nitrogens with two attached hydrogens (primary N) is 1. The Morgan fingerprint density at radius 3 is 2.36 bits per heavy atom. The largest absolute Gasteiger partial charge is 0.505 e. The topological polar surface area (TPSA) is 101 Å². The minimum atomic E-state index is -2.25. The summed E-state index contributed by atoms with van der Waals surface area (Å²) in [5.41, 5.74) is 5.03. The molecular weight excluding hydrogens is 180 g/mol. The Bertz CT molecular complexity index is 153. The molecule has 0 saturated heterocycles. The summed E-state index contributed by atoms with van der Waals surface area (Å²) >= 11 is 0. The minimum absolute atomic E-state index is 0. The molecule has 0 bridgehead atoms. The van der Waals surface area contributed by atoms with Gasteiger partial charge in [0, 0.05) is 36.0 Å². The van der Waals surface area contributed by atoms with Gasteiger partial charge in [-0.15, -0.1) is 0 Å². The van der Waals surface area contributed by atoms with E-state index in [-0.39, 0.29) is 42.1 Å². The van der Waals surface area contributed by atoms with Gasteiger partial charge in [-0.2, -0.15) is 4.89 Å². The number of carbonyl (C=O) groups is 1. The predicted octanol–water partition coefficient (Wildman–Crippen LogP) is -0.858. The Labute approximate surface area is 87.1 Å². The van der Waals surface area contributed by atoms with Crippen molar-refractivity contribution in [3.63, 3.8) is 0 Å². The first-order chi connectivity index (χ1) is 4.54. The smallest absolute Gasteiger partial charge is 0.480 e. The monoisotopic (exact) mass is 189 g/mol. The van der Waals surface area contributed by atoms with Crippen molar-refractivity contribution in [2.75, 3.05) is 6.16 Å². The van der Waals surface area contributed by atoms with Gasteiger partial charge in [-0.25, -0.2) is 0 Å². The van der Waals surface area contributed by atoms with Crippen LogP contribution in [0.25, 0.3) is 0 Å². The van der Waals surface area contributed by atoms with Gasteiger partial charge in [-0.3, -0.25) is 4.79 Å². The number of hydrogen-bond acceptors (Lipinski definition) is 3. The molecule has 0 saturated carbocycles. The fraction of sp³-hybridized carbons (Fsp3) is 0.750. The molecule has 59 valence electrons. The molecule has 0 heterocycles. The summed E-state index contributed by atoms with van der Waals surface area (Å²) in [5.74, 6) is -1.14. The van der Waals surface area contributed by atoms with Crippen LogP contribution in [0.2, 0.25) is 0 Å². The van der Waals surface area contributed by atoms with E-state index >= 15 is 0 Å². The minimum Gasteiger partial charge on any atom is -0.480 e. The zero-order valence-corrected chi connectivity index (χ0v) is 9.12. The van der Waals surface area contributed by atoms with Gasteiger partial charge >= 0.3 is 14.0 Å². The summed E-state index contributed by atoms with van der Waals surface area (Å²) in [6.45, 7) is 0. The van der Waals surface area contributed by atoms with E-state index in [1.54, 1.807) is 0 Å². The van der Waals surface area contributed by atoms with Crippen molar-refractivity contribution in [1.82, 2.24) is 0 Å². The van der Waals surface area contributed by atoms with E-state index < -0.39 is 20.0 Å². The van der Waals surface area contributed by atoms with Crippen LogP contribution in [0.5, 0.6) is 0 Å². The quantitative estimate of drug-likeness (QED) is 0.394. The van der Waals surface area contributed by atoms with E-state index in [1.165, 1.54) is 0 Å². The molecule has 1 radical (unpaired) electrons. The summed E-state index contributed by atoms with van der Waals surface area (Å²) in [6, 6.07) is -1.02. The maximum absolute atomic E-state index is 10.0. The second-order valence-corrected chi connectivity index (χ2v) is 2.96. The molecule has 0 aliphatic heterocycles. The van der Waals surface area contributed by atoms with Crippen LogP contribution < -0.4 is 5.73 Å². The van der Waals surface area contributed by atoms with Crippen molar-refractivity contribution in [3.8, 4) is 0 Å². The van der Waals surface area contributed by atoms with E-state index in [1.807, 2.05) is 0 Å². The molecule has 0 aliphatic rings. The maximum atomic E-state index is 10.0. The number of carboxylic acids is 1. The number of aliphatic carboxylic acids is 1. The van der Waals surface area contributed by atoms with Crippen LogP contribution in [-0.2, 0) is 9.36 Å². The fourth-order valence-corrected chi connectivity index (χ4v) is 0.872. The van der Waals surface area contributed by atoms with Crippen LogP contribution in [0.4, 0.5) is 0 Å². The fourth-order valence-electron chi connectivity index (χ4n) is 0.373. The molecule has 0 aromatic heterocycles. The Morgan fingerprint density at radius 1 is 1.64 bits per heavy atom. The molecular formula is C4H9NNaO4P+. The first kappa shape index (κ1) is 14.0. The van der Waals surface area contributed by atoms with E-state index in [0.717, 1.165) is 0 Å². The third kappa shape index (κ3) is 8.40. The van der Waals surface area contributed by atoms with Crippen molar-refractivity contribution >= 4 is 43.6 Å². The molecule has 0 aromatic carbocycles. The van der Waals surface area contributed by atoms with Crippen molar-refractivity contribution in [1.29, 1.82) is 0 Å². The van der Waals surface area contributed by atoms with Gasteiger partial charge in [0.05, 0.1) is 0 Å². The van der Waals surface area contributed by atoms with E-state index in [4.69, 9.17) is 15.7 Å². The molecule has 5 nitrogen and oxygen atoms in total. The molecule has 7 heteroatoms. The van der Waals surface area contributed by atoms with Crippen LogP contribution in [0.1, 0.15) is 6.42 Å². The number of carboxylic acid groups (broad SMARTS) is 1. The van der Waals surface area contributed by atoms with E-state index in [9.17, 15) is 9.36 Å². The summed E-state index contributed by atoms with van der Waals surface area (Å²) in [4.78, 5) is 18.3. The van der Waals surface area contributed by atoms with Gasteiger partial charge in [0.1, 0.15) is 6.04 Å².